The van der Waals surface area contributed by atoms with Gasteiger partial charge in [-0.1, -0.05) is 90.5 Å². The van der Waals surface area contributed by atoms with Crippen LogP contribution in [-0.4, -0.2) is 5.11 Å². The van der Waals surface area contributed by atoms with Gasteiger partial charge in [-0.05, 0) is 55.4 Å². The van der Waals surface area contributed by atoms with Gasteiger partial charge in [0.05, 0.1) is 0 Å². The minimum absolute atomic E-state index is 0.521. The highest BCUT2D eigenvalue weighted by atomic mass is 16.3. The average Bonchev–Trinajstić information content (AvgIpc) is 2.61. The van der Waals surface area contributed by atoms with Crippen molar-refractivity contribution in [3.8, 4) is 5.75 Å². The smallest absolute Gasteiger partial charge is 0.119 e. The van der Waals surface area contributed by atoms with Crippen LogP contribution < -0.4 is 0 Å². The van der Waals surface area contributed by atoms with Crippen molar-refractivity contribution in [2.75, 3.05) is 0 Å². The molecule has 1 nitrogen and oxygen atoms in total. The van der Waals surface area contributed by atoms with E-state index in [9.17, 15) is 5.11 Å². The summed E-state index contributed by atoms with van der Waals surface area (Å²) in [5.41, 5.74) is 4.01. The molecule has 0 aromatic heterocycles. The molecule has 144 valence electrons. The van der Waals surface area contributed by atoms with Crippen molar-refractivity contribution >= 4 is 0 Å². The number of aryl methyl sites for hydroxylation is 1. The molecular formula is C24H42O. The second-order valence-corrected chi connectivity index (χ2v) is 7.75. The summed E-state index contributed by atoms with van der Waals surface area (Å²) in [7, 11) is 0. The highest BCUT2D eigenvalue weighted by Crippen LogP contribution is 2.28. The number of hydrogen-bond acceptors (Lipinski definition) is 1. The molecule has 0 heterocycles. The first-order chi connectivity index (χ1) is 12.2. The largest absolute Gasteiger partial charge is 0.508 e. The van der Waals surface area contributed by atoms with Crippen molar-refractivity contribution in [3.05, 3.63) is 28.8 Å². The number of rotatable bonds is 15. The molecule has 0 unspecified atom stereocenters. The Bertz CT molecular complexity index is 450. The number of benzene rings is 1. The zero-order valence-electron chi connectivity index (χ0n) is 17.2. The molecular weight excluding hydrogens is 304 g/mol. The Morgan fingerprint density at radius 2 is 1.04 bits per heavy atom. The van der Waals surface area contributed by atoms with Gasteiger partial charge in [-0.15, -0.1) is 0 Å². The topological polar surface area (TPSA) is 20.2 Å². The van der Waals surface area contributed by atoms with Crippen LogP contribution in [0.25, 0.3) is 0 Å². The Hall–Kier alpha value is -0.980. The zero-order chi connectivity index (χ0) is 18.3. The molecule has 0 spiro atoms. The lowest BCUT2D eigenvalue weighted by molar-refractivity contribution is 0.464. The lowest BCUT2D eigenvalue weighted by Crippen LogP contribution is -1.99. The van der Waals surface area contributed by atoms with Gasteiger partial charge in [0.1, 0.15) is 5.75 Å². The van der Waals surface area contributed by atoms with E-state index in [1.807, 2.05) is 6.07 Å². The highest BCUT2D eigenvalue weighted by molar-refractivity contribution is 5.44. The molecule has 1 N–H and O–H groups in total. The molecule has 0 aliphatic rings. The summed E-state index contributed by atoms with van der Waals surface area (Å²) in [5.74, 6) is 0.521. The van der Waals surface area contributed by atoms with E-state index < -0.39 is 0 Å². The minimum atomic E-state index is 0.521. The van der Waals surface area contributed by atoms with Crippen molar-refractivity contribution in [3.63, 3.8) is 0 Å². The van der Waals surface area contributed by atoms with E-state index in [0.717, 1.165) is 12.8 Å². The summed E-state index contributed by atoms with van der Waals surface area (Å²) in [6, 6.07) is 3.98. The van der Waals surface area contributed by atoms with Crippen LogP contribution in [-0.2, 0) is 12.8 Å². The lowest BCUT2D eigenvalue weighted by Gasteiger charge is -2.14. The molecule has 0 aliphatic heterocycles. The van der Waals surface area contributed by atoms with Gasteiger partial charge in [-0.3, -0.25) is 0 Å². The maximum absolute atomic E-state index is 10.3. The van der Waals surface area contributed by atoms with E-state index >= 15 is 0 Å². The summed E-state index contributed by atoms with van der Waals surface area (Å²) in [6.45, 7) is 6.73. The third kappa shape index (κ3) is 9.33. The monoisotopic (exact) mass is 346 g/mol. The van der Waals surface area contributed by atoms with Gasteiger partial charge in [0.25, 0.3) is 0 Å². The quantitative estimate of drug-likeness (QED) is 0.320. The van der Waals surface area contributed by atoms with Crippen LogP contribution in [0.2, 0.25) is 0 Å². The Kier molecular flexibility index (Phi) is 12.5. The van der Waals surface area contributed by atoms with Crippen LogP contribution in [0, 0.1) is 6.92 Å². The molecule has 25 heavy (non-hydrogen) atoms. The van der Waals surface area contributed by atoms with Crippen molar-refractivity contribution in [2.45, 2.75) is 117 Å². The number of unbranched alkanes of at least 4 members (excludes halogenated alkanes) is 11. The lowest BCUT2D eigenvalue weighted by atomic mass is 9.92. The predicted octanol–water partition coefficient (Wildman–Crippen LogP) is 7.90. The molecule has 1 rings (SSSR count). The molecule has 1 heteroatoms. The maximum Gasteiger partial charge on any atom is 0.119 e. The molecule has 0 bridgehead atoms. The first-order valence-corrected chi connectivity index (χ1v) is 11.0. The van der Waals surface area contributed by atoms with E-state index in [1.54, 1.807) is 0 Å². The van der Waals surface area contributed by atoms with Crippen LogP contribution in [0.15, 0.2) is 12.1 Å². The fourth-order valence-corrected chi connectivity index (χ4v) is 3.77. The third-order valence-electron chi connectivity index (χ3n) is 5.45. The van der Waals surface area contributed by atoms with Crippen molar-refractivity contribution < 1.29 is 5.11 Å². The van der Waals surface area contributed by atoms with Gasteiger partial charge in [0, 0.05) is 0 Å². The molecule has 1 aromatic rings. The Balaban J connectivity index is 2.28. The van der Waals surface area contributed by atoms with Gasteiger partial charge >= 0.3 is 0 Å². The van der Waals surface area contributed by atoms with Gasteiger partial charge in [-0.25, -0.2) is 0 Å². The fourth-order valence-electron chi connectivity index (χ4n) is 3.77. The van der Waals surface area contributed by atoms with Gasteiger partial charge in [-0.2, -0.15) is 0 Å². The molecule has 0 radical (unpaired) electrons. The number of hydrogen-bond donors (Lipinski definition) is 1. The van der Waals surface area contributed by atoms with Crippen molar-refractivity contribution in [2.24, 2.45) is 0 Å². The third-order valence-corrected chi connectivity index (χ3v) is 5.45. The van der Waals surface area contributed by atoms with E-state index in [-0.39, 0.29) is 0 Å². The van der Waals surface area contributed by atoms with Crippen LogP contribution >= 0.6 is 0 Å². The second-order valence-electron chi connectivity index (χ2n) is 7.75. The fraction of sp³-hybridized carbons (Fsp3) is 0.750. The molecule has 0 atom stereocenters. The summed E-state index contributed by atoms with van der Waals surface area (Å²) < 4.78 is 0. The highest BCUT2D eigenvalue weighted by Gasteiger charge is 2.10. The Morgan fingerprint density at radius 1 is 0.600 bits per heavy atom. The van der Waals surface area contributed by atoms with Crippen LogP contribution in [0.1, 0.15) is 114 Å². The van der Waals surface area contributed by atoms with E-state index in [2.05, 4.69) is 26.8 Å². The molecule has 1 aromatic carbocycles. The number of aromatic hydroxyl groups is 1. The van der Waals surface area contributed by atoms with Crippen LogP contribution in [0.3, 0.4) is 0 Å². The molecule has 0 aliphatic carbocycles. The van der Waals surface area contributed by atoms with E-state index in [4.69, 9.17) is 0 Å². The van der Waals surface area contributed by atoms with E-state index in [0.29, 0.717) is 5.75 Å². The molecule has 0 saturated heterocycles. The summed E-state index contributed by atoms with van der Waals surface area (Å²) in [6.07, 6.45) is 19.6. The first-order valence-electron chi connectivity index (χ1n) is 11.0. The van der Waals surface area contributed by atoms with Gasteiger partial charge in [0.15, 0.2) is 0 Å². The summed E-state index contributed by atoms with van der Waals surface area (Å²) >= 11 is 0. The molecule has 0 saturated carbocycles. The first kappa shape index (κ1) is 22.1. The Labute approximate surface area is 157 Å². The number of phenolic OH excluding ortho intramolecular Hbond substituents is 1. The minimum Gasteiger partial charge on any atom is -0.508 e. The average molecular weight is 347 g/mol. The van der Waals surface area contributed by atoms with Crippen LogP contribution in [0.5, 0.6) is 5.75 Å². The molecule has 0 fully saturated rings. The summed E-state index contributed by atoms with van der Waals surface area (Å²) in [5, 5.41) is 10.3. The zero-order valence-corrected chi connectivity index (χ0v) is 17.2. The normalized spacial score (nSPS) is 11.2. The second kappa shape index (κ2) is 14.2. The van der Waals surface area contributed by atoms with Crippen molar-refractivity contribution in [1.29, 1.82) is 0 Å². The van der Waals surface area contributed by atoms with E-state index in [1.165, 1.54) is 100 Å². The van der Waals surface area contributed by atoms with Gasteiger partial charge in [0.2, 0.25) is 0 Å². The SMILES string of the molecule is CCCCCCCCCCCCc1c(O)ccc(C)c1CCCCC. The van der Waals surface area contributed by atoms with Crippen LogP contribution in [0.4, 0.5) is 0 Å². The maximum atomic E-state index is 10.3. The summed E-state index contributed by atoms with van der Waals surface area (Å²) in [4.78, 5) is 0. The Morgan fingerprint density at radius 3 is 1.64 bits per heavy atom. The van der Waals surface area contributed by atoms with Crippen molar-refractivity contribution in [1.82, 2.24) is 0 Å². The van der Waals surface area contributed by atoms with Gasteiger partial charge < -0.3 is 5.11 Å². The number of phenols is 1. The molecule has 0 amide bonds. The predicted molar refractivity (Wildman–Crippen MR) is 112 cm³/mol. The standard InChI is InChI=1S/C24H42O/c1-4-6-8-9-10-11-12-13-14-16-18-23-22(17-15-7-5-2)21(3)19-20-24(23)25/h19-20,25H,4-18H2,1-3H3.